The van der Waals surface area contributed by atoms with Gasteiger partial charge in [0.05, 0.1) is 5.92 Å². The van der Waals surface area contributed by atoms with Crippen molar-refractivity contribution in [2.24, 2.45) is 17.1 Å². The number of nitrogens with zero attached hydrogens (tertiary/aromatic N) is 1. The Labute approximate surface area is 117 Å². The van der Waals surface area contributed by atoms with Crippen LogP contribution in [0.15, 0.2) is 0 Å². The molecular formula is C16H30N2O. The average molecular weight is 266 g/mol. The van der Waals surface area contributed by atoms with Crippen LogP contribution in [0.2, 0.25) is 0 Å². The summed E-state index contributed by atoms with van der Waals surface area (Å²) in [7, 11) is 0. The topological polar surface area (TPSA) is 46.3 Å². The maximum absolute atomic E-state index is 12.6. The number of nitrogens with two attached hydrogens (primary N) is 1. The fourth-order valence-corrected chi connectivity index (χ4v) is 3.86. The molecule has 2 fully saturated rings. The van der Waals surface area contributed by atoms with Crippen molar-refractivity contribution in [3.8, 4) is 0 Å². The molecule has 0 bridgehead atoms. The maximum Gasteiger partial charge on any atom is 0.227 e. The lowest BCUT2D eigenvalue weighted by Crippen LogP contribution is -2.49. The van der Waals surface area contributed by atoms with Crippen molar-refractivity contribution in [1.29, 1.82) is 0 Å². The summed E-state index contributed by atoms with van der Waals surface area (Å²) in [5.74, 6) is 0.442. The summed E-state index contributed by atoms with van der Waals surface area (Å²) < 4.78 is 0. The van der Waals surface area contributed by atoms with Crippen LogP contribution in [0.3, 0.4) is 0 Å². The van der Waals surface area contributed by atoms with E-state index in [9.17, 15) is 4.79 Å². The number of carbonyl (C=O) groups excluding carboxylic acids is 1. The molecule has 0 radical (unpaired) electrons. The molecule has 0 aromatic rings. The second-order valence-electron chi connectivity index (χ2n) is 6.59. The van der Waals surface area contributed by atoms with Crippen LogP contribution in [-0.4, -0.2) is 29.9 Å². The molecule has 2 rings (SSSR count). The number of piperidine rings is 1. The molecule has 0 aromatic heterocycles. The van der Waals surface area contributed by atoms with E-state index in [1.807, 2.05) is 0 Å². The van der Waals surface area contributed by atoms with Crippen molar-refractivity contribution in [3.63, 3.8) is 0 Å². The molecule has 2 N–H and O–H groups in total. The van der Waals surface area contributed by atoms with Crippen LogP contribution in [-0.2, 0) is 4.79 Å². The molecule has 1 aliphatic heterocycles. The van der Waals surface area contributed by atoms with Crippen LogP contribution in [0.25, 0.3) is 0 Å². The highest BCUT2D eigenvalue weighted by molar-refractivity contribution is 5.79. The summed E-state index contributed by atoms with van der Waals surface area (Å²) in [4.78, 5) is 14.7. The molecule has 1 saturated carbocycles. The third-order valence-corrected chi connectivity index (χ3v) is 5.77. The van der Waals surface area contributed by atoms with E-state index in [0.717, 1.165) is 25.9 Å². The Hall–Kier alpha value is -0.570. The Balaban J connectivity index is 1.92. The molecule has 1 aliphatic carbocycles. The summed E-state index contributed by atoms with van der Waals surface area (Å²) in [6.45, 7) is 6.48. The quantitative estimate of drug-likeness (QED) is 0.853. The van der Waals surface area contributed by atoms with Gasteiger partial charge in [-0.15, -0.1) is 0 Å². The van der Waals surface area contributed by atoms with Crippen molar-refractivity contribution < 1.29 is 4.79 Å². The van der Waals surface area contributed by atoms with E-state index in [2.05, 4.69) is 18.7 Å². The van der Waals surface area contributed by atoms with E-state index < -0.39 is 0 Å². The number of hydrogen-bond acceptors (Lipinski definition) is 2. The van der Waals surface area contributed by atoms with Crippen LogP contribution in [0.5, 0.6) is 0 Å². The van der Waals surface area contributed by atoms with Gasteiger partial charge in [0.1, 0.15) is 0 Å². The van der Waals surface area contributed by atoms with E-state index in [1.54, 1.807) is 0 Å². The minimum Gasteiger partial charge on any atom is -0.342 e. The number of rotatable bonds is 3. The molecule has 110 valence electrons. The van der Waals surface area contributed by atoms with Gasteiger partial charge < -0.3 is 10.6 Å². The molecule has 2 atom stereocenters. The molecule has 1 heterocycles. The largest absolute Gasteiger partial charge is 0.342 e. The molecule has 2 unspecified atom stereocenters. The highest BCUT2D eigenvalue weighted by atomic mass is 16.2. The molecule has 1 amide bonds. The molecule has 3 nitrogen and oxygen atoms in total. The Bertz CT molecular complexity index is 302. The first kappa shape index (κ1) is 14.8. The predicted octanol–water partition coefficient (Wildman–Crippen LogP) is 2.93. The number of amides is 1. The number of carbonyl (C=O) groups is 1. The lowest BCUT2D eigenvalue weighted by molar-refractivity contribution is -0.139. The third kappa shape index (κ3) is 3.13. The Kier molecular flexibility index (Phi) is 4.88. The Morgan fingerprint density at radius 3 is 2.26 bits per heavy atom. The van der Waals surface area contributed by atoms with Crippen LogP contribution >= 0.6 is 0 Å². The molecule has 0 spiro atoms. The fraction of sp³-hybridized carbons (Fsp3) is 0.938. The fourth-order valence-electron chi connectivity index (χ4n) is 3.86. The van der Waals surface area contributed by atoms with Gasteiger partial charge in [0, 0.05) is 19.1 Å². The third-order valence-electron chi connectivity index (χ3n) is 5.77. The smallest absolute Gasteiger partial charge is 0.227 e. The first-order valence-electron chi connectivity index (χ1n) is 8.16. The zero-order valence-corrected chi connectivity index (χ0v) is 12.7. The van der Waals surface area contributed by atoms with E-state index >= 15 is 0 Å². The van der Waals surface area contributed by atoms with Crippen molar-refractivity contribution >= 4 is 5.91 Å². The van der Waals surface area contributed by atoms with Crippen molar-refractivity contribution in [1.82, 2.24) is 4.90 Å². The van der Waals surface area contributed by atoms with Crippen molar-refractivity contribution in [3.05, 3.63) is 0 Å². The lowest BCUT2D eigenvalue weighted by Gasteiger charge is -2.43. The summed E-state index contributed by atoms with van der Waals surface area (Å²) in [6.07, 6.45) is 9.23. The summed E-state index contributed by atoms with van der Waals surface area (Å²) in [6, 6.07) is 0.102. The Morgan fingerprint density at radius 1 is 1.16 bits per heavy atom. The molecule has 1 saturated heterocycles. The minimum atomic E-state index is 0.101. The van der Waals surface area contributed by atoms with E-state index in [4.69, 9.17) is 5.73 Å². The van der Waals surface area contributed by atoms with Gasteiger partial charge in [0.15, 0.2) is 0 Å². The second kappa shape index (κ2) is 6.25. The molecule has 2 aliphatic rings. The summed E-state index contributed by atoms with van der Waals surface area (Å²) >= 11 is 0. The molecule has 3 heteroatoms. The van der Waals surface area contributed by atoms with Gasteiger partial charge in [-0.3, -0.25) is 4.79 Å². The van der Waals surface area contributed by atoms with E-state index in [0.29, 0.717) is 11.3 Å². The van der Waals surface area contributed by atoms with Gasteiger partial charge in [-0.1, -0.05) is 39.5 Å². The summed E-state index contributed by atoms with van der Waals surface area (Å²) in [5.41, 5.74) is 6.64. The van der Waals surface area contributed by atoms with Crippen LogP contribution in [0.4, 0.5) is 0 Å². The van der Waals surface area contributed by atoms with Crippen molar-refractivity contribution in [2.75, 3.05) is 13.1 Å². The van der Waals surface area contributed by atoms with Gasteiger partial charge in [-0.25, -0.2) is 0 Å². The van der Waals surface area contributed by atoms with Gasteiger partial charge in [0.25, 0.3) is 0 Å². The van der Waals surface area contributed by atoms with Crippen LogP contribution in [0.1, 0.15) is 65.2 Å². The SMILES string of the molecule is CCC1(CC)CCN(C(=O)C2CCCCC2N)CC1. The number of likely N-dealkylation sites (tertiary alicyclic amines) is 1. The number of hydrogen-bond donors (Lipinski definition) is 1. The highest BCUT2D eigenvalue weighted by Crippen LogP contribution is 2.38. The zero-order chi connectivity index (χ0) is 13.9. The van der Waals surface area contributed by atoms with Crippen LogP contribution in [0, 0.1) is 11.3 Å². The van der Waals surface area contributed by atoms with E-state index in [-0.39, 0.29) is 12.0 Å². The van der Waals surface area contributed by atoms with Crippen LogP contribution < -0.4 is 5.73 Å². The molecule has 19 heavy (non-hydrogen) atoms. The average Bonchev–Trinajstić information content (AvgIpc) is 2.47. The first-order valence-corrected chi connectivity index (χ1v) is 8.16. The van der Waals surface area contributed by atoms with Gasteiger partial charge >= 0.3 is 0 Å². The minimum absolute atomic E-state index is 0.101. The normalized spacial score (nSPS) is 31.2. The Morgan fingerprint density at radius 2 is 1.74 bits per heavy atom. The zero-order valence-electron chi connectivity index (χ0n) is 12.7. The van der Waals surface area contributed by atoms with Gasteiger partial charge in [-0.05, 0) is 31.1 Å². The summed E-state index contributed by atoms with van der Waals surface area (Å²) in [5, 5.41) is 0. The lowest BCUT2D eigenvalue weighted by atomic mass is 9.73. The monoisotopic (exact) mass is 266 g/mol. The van der Waals surface area contributed by atoms with Gasteiger partial charge in [0.2, 0.25) is 5.91 Å². The van der Waals surface area contributed by atoms with Crippen molar-refractivity contribution in [2.45, 2.75) is 71.3 Å². The standard InChI is InChI=1S/C16H30N2O/c1-3-16(4-2)9-11-18(12-10-16)15(19)13-7-5-6-8-14(13)17/h13-14H,3-12,17H2,1-2H3. The van der Waals surface area contributed by atoms with Gasteiger partial charge in [-0.2, -0.15) is 0 Å². The molecule has 0 aromatic carbocycles. The maximum atomic E-state index is 12.6. The predicted molar refractivity (Wildman–Crippen MR) is 78.8 cm³/mol. The highest BCUT2D eigenvalue weighted by Gasteiger charge is 2.36. The first-order chi connectivity index (χ1) is 9.12. The second-order valence-corrected chi connectivity index (χ2v) is 6.59. The molecular weight excluding hydrogens is 236 g/mol. The van der Waals surface area contributed by atoms with E-state index in [1.165, 1.54) is 38.5 Å².